The van der Waals surface area contributed by atoms with E-state index in [9.17, 15) is 4.79 Å². The zero-order chi connectivity index (χ0) is 20.6. The highest BCUT2D eigenvalue weighted by Crippen LogP contribution is 2.40. The fraction of sp³-hybridized carbons (Fsp3) is 0.346. The van der Waals surface area contributed by atoms with E-state index in [1.165, 1.54) is 30.4 Å². The van der Waals surface area contributed by atoms with Crippen molar-refractivity contribution in [3.05, 3.63) is 90.3 Å². The minimum Gasteiger partial charge on any atom is -0.274 e. The van der Waals surface area contributed by atoms with Gasteiger partial charge in [-0.1, -0.05) is 79.9 Å². The SMILES string of the molecule is O=C(CCc1ccccc1)N(c1ncccn1)C(c1ccccc1)C1CCCCC1. The lowest BCUT2D eigenvalue weighted by Crippen LogP contribution is -2.40. The predicted molar refractivity (Wildman–Crippen MR) is 120 cm³/mol. The molecule has 1 saturated carbocycles. The second-order valence-electron chi connectivity index (χ2n) is 8.05. The van der Waals surface area contributed by atoms with Crippen LogP contribution in [0.2, 0.25) is 0 Å². The number of carbonyl (C=O) groups is 1. The molecule has 4 rings (SSSR count). The van der Waals surface area contributed by atoms with Crippen molar-refractivity contribution in [1.29, 1.82) is 0 Å². The molecule has 1 atom stereocenters. The molecule has 4 nitrogen and oxygen atoms in total. The van der Waals surface area contributed by atoms with Crippen molar-refractivity contribution in [3.8, 4) is 0 Å². The predicted octanol–water partition coefficient (Wildman–Crippen LogP) is 5.76. The van der Waals surface area contributed by atoms with E-state index in [4.69, 9.17) is 0 Å². The summed E-state index contributed by atoms with van der Waals surface area (Å²) >= 11 is 0. The molecule has 0 aliphatic heterocycles. The number of anilines is 1. The van der Waals surface area contributed by atoms with Gasteiger partial charge >= 0.3 is 0 Å². The molecule has 1 aromatic heterocycles. The Balaban J connectivity index is 1.67. The van der Waals surface area contributed by atoms with Gasteiger partial charge in [0, 0.05) is 18.8 Å². The monoisotopic (exact) mass is 399 g/mol. The maximum atomic E-state index is 13.6. The average molecular weight is 400 g/mol. The number of aromatic nitrogens is 2. The first kappa shape index (κ1) is 20.3. The van der Waals surface area contributed by atoms with E-state index < -0.39 is 0 Å². The number of hydrogen-bond donors (Lipinski definition) is 0. The lowest BCUT2D eigenvalue weighted by molar-refractivity contribution is -0.119. The molecule has 1 fully saturated rings. The minimum atomic E-state index is -0.0304. The van der Waals surface area contributed by atoms with E-state index in [-0.39, 0.29) is 11.9 Å². The van der Waals surface area contributed by atoms with E-state index in [1.54, 1.807) is 18.5 Å². The quantitative estimate of drug-likeness (QED) is 0.507. The van der Waals surface area contributed by atoms with E-state index >= 15 is 0 Å². The summed E-state index contributed by atoms with van der Waals surface area (Å²) in [6, 6.07) is 22.4. The molecular formula is C26H29N3O. The molecule has 0 radical (unpaired) electrons. The van der Waals surface area contributed by atoms with Gasteiger partial charge in [0.15, 0.2) is 0 Å². The maximum absolute atomic E-state index is 13.6. The van der Waals surface area contributed by atoms with Gasteiger partial charge in [-0.05, 0) is 42.4 Å². The van der Waals surface area contributed by atoms with Crippen molar-refractivity contribution in [2.75, 3.05) is 4.90 Å². The molecule has 0 saturated heterocycles. The van der Waals surface area contributed by atoms with Crippen molar-refractivity contribution in [1.82, 2.24) is 9.97 Å². The molecule has 4 heteroatoms. The van der Waals surface area contributed by atoms with Crippen LogP contribution in [-0.2, 0) is 11.2 Å². The third-order valence-electron chi connectivity index (χ3n) is 6.02. The lowest BCUT2D eigenvalue weighted by atomic mass is 9.80. The van der Waals surface area contributed by atoms with Crippen LogP contribution in [0.5, 0.6) is 0 Å². The van der Waals surface area contributed by atoms with Gasteiger partial charge < -0.3 is 0 Å². The Morgan fingerprint density at radius 3 is 2.17 bits per heavy atom. The molecule has 0 bridgehead atoms. The summed E-state index contributed by atoms with van der Waals surface area (Å²) in [4.78, 5) is 24.5. The highest BCUT2D eigenvalue weighted by atomic mass is 16.2. The molecule has 1 amide bonds. The molecule has 1 unspecified atom stereocenters. The van der Waals surface area contributed by atoms with Crippen molar-refractivity contribution in [2.45, 2.75) is 51.0 Å². The van der Waals surface area contributed by atoms with E-state index in [2.05, 4.69) is 46.4 Å². The summed E-state index contributed by atoms with van der Waals surface area (Å²) in [5, 5.41) is 0. The second-order valence-corrected chi connectivity index (χ2v) is 8.05. The first-order valence-electron chi connectivity index (χ1n) is 11.0. The molecular weight excluding hydrogens is 370 g/mol. The third-order valence-corrected chi connectivity index (χ3v) is 6.02. The van der Waals surface area contributed by atoms with Crippen LogP contribution >= 0.6 is 0 Å². The van der Waals surface area contributed by atoms with Crippen LogP contribution in [0.1, 0.15) is 55.7 Å². The number of rotatable bonds is 7. The Labute approximate surface area is 179 Å². The minimum absolute atomic E-state index is 0.0304. The van der Waals surface area contributed by atoms with Crippen molar-refractivity contribution in [3.63, 3.8) is 0 Å². The Hall–Kier alpha value is -3.01. The standard InChI is InChI=1S/C26H29N3O/c30-24(18-17-21-11-4-1-5-12-21)29(26-27-19-10-20-28-26)25(22-13-6-2-7-14-22)23-15-8-3-9-16-23/h1-2,4-7,10-14,19-20,23,25H,3,8-9,15-18H2. The van der Waals surface area contributed by atoms with Gasteiger partial charge in [0.2, 0.25) is 11.9 Å². The number of carbonyl (C=O) groups excluding carboxylic acids is 1. The number of hydrogen-bond acceptors (Lipinski definition) is 3. The van der Waals surface area contributed by atoms with Crippen LogP contribution in [0.4, 0.5) is 5.95 Å². The molecule has 3 aromatic rings. The molecule has 1 aliphatic rings. The summed E-state index contributed by atoms with van der Waals surface area (Å²) in [5.41, 5.74) is 2.35. The van der Waals surface area contributed by atoms with Crippen molar-refractivity contribution in [2.24, 2.45) is 5.92 Å². The Morgan fingerprint density at radius 1 is 0.867 bits per heavy atom. The zero-order valence-electron chi connectivity index (χ0n) is 17.4. The molecule has 0 spiro atoms. The highest BCUT2D eigenvalue weighted by Gasteiger charge is 2.35. The molecule has 154 valence electrons. The Morgan fingerprint density at radius 2 is 1.50 bits per heavy atom. The third kappa shape index (κ3) is 4.93. The Bertz CT molecular complexity index is 909. The summed E-state index contributed by atoms with van der Waals surface area (Å²) in [7, 11) is 0. The molecule has 0 N–H and O–H groups in total. The number of nitrogens with zero attached hydrogens (tertiary/aromatic N) is 3. The normalized spacial score (nSPS) is 15.5. The molecule has 30 heavy (non-hydrogen) atoms. The summed E-state index contributed by atoms with van der Waals surface area (Å²) in [6.45, 7) is 0. The topological polar surface area (TPSA) is 46.1 Å². The fourth-order valence-electron chi connectivity index (χ4n) is 4.56. The first-order chi connectivity index (χ1) is 14.8. The van der Waals surface area contributed by atoms with Gasteiger partial charge in [0.25, 0.3) is 0 Å². The van der Waals surface area contributed by atoms with Gasteiger partial charge in [0.05, 0.1) is 6.04 Å². The number of benzene rings is 2. The van der Waals surface area contributed by atoms with Gasteiger partial charge in [-0.3, -0.25) is 9.69 Å². The van der Waals surface area contributed by atoms with E-state index in [1.807, 2.05) is 29.2 Å². The average Bonchev–Trinajstić information content (AvgIpc) is 2.83. The summed E-state index contributed by atoms with van der Waals surface area (Å²) < 4.78 is 0. The van der Waals surface area contributed by atoms with Crippen LogP contribution in [0.25, 0.3) is 0 Å². The summed E-state index contributed by atoms with van der Waals surface area (Å²) in [5.74, 6) is 1.02. The Kier molecular flexibility index (Phi) is 6.86. The van der Waals surface area contributed by atoms with E-state index in [0.717, 1.165) is 19.3 Å². The smallest absolute Gasteiger partial charge is 0.232 e. The van der Waals surface area contributed by atoms with Crippen molar-refractivity contribution >= 4 is 11.9 Å². The molecule has 1 heterocycles. The second kappa shape index (κ2) is 10.1. The molecule has 2 aromatic carbocycles. The zero-order valence-corrected chi connectivity index (χ0v) is 17.4. The van der Waals surface area contributed by atoms with Gasteiger partial charge in [0.1, 0.15) is 0 Å². The van der Waals surface area contributed by atoms with Crippen LogP contribution < -0.4 is 4.90 Å². The van der Waals surface area contributed by atoms with Gasteiger partial charge in [-0.2, -0.15) is 0 Å². The first-order valence-corrected chi connectivity index (χ1v) is 11.0. The largest absolute Gasteiger partial charge is 0.274 e. The van der Waals surface area contributed by atoms with Crippen LogP contribution in [0.15, 0.2) is 79.1 Å². The van der Waals surface area contributed by atoms with Crippen LogP contribution in [-0.4, -0.2) is 15.9 Å². The molecule has 1 aliphatic carbocycles. The van der Waals surface area contributed by atoms with Gasteiger partial charge in [-0.15, -0.1) is 0 Å². The van der Waals surface area contributed by atoms with Crippen LogP contribution in [0.3, 0.4) is 0 Å². The van der Waals surface area contributed by atoms with E-state index in [0.29, 0.717) is 18.3 Å². The van der Waals surface area contributed by atoms with Crippen molar-refractivity contribution < 1.29 is 4.79 Å². The lowest BCUT2D eigenvalue weighted by Gasteiger charge is -2.38. The number of aryl methyl sites for hydroxylation is 1. The van der Waals surface area contributed by atoms with Crippen LogP contribution in [0, 0.1) is 5.92 Å². The maximum Gasteiger partial charge on any atom is 0.232 e. The fourth-order valence-corrected chi connectivity index (χ4v) is 4.56. The van der Waals surface area contributed by atoms with Gasteiger partial charge in [-0.25, -0.2) is 9.97 Å². The number of amides is 1. The summed E-state index contributed by atoms with van der Waals surface area (Å²) in [6.07, 6.45) is 10.6. The highest BCUT2D eigenvalue weighted by molar-refractivity contribution is 5.92.